The van der Waals surface area contributed by atoms with E-state index in [-0.39, 0.29) is 29.2 Å². The minimum Gasteiger partial charge on any atom is -0.349 e. The highest BCUT2D eigenvalue weighted by Gasteiger charge is 2.24. The van der Waals surface area contributed by atoms with Gasteiger partial charge in [0.25, 0.3) is 0 Å². The van der Waals surface area contributed by atoms with Gasteiger partial charge in [0.2, 0.25) is 15.9 Å². The Bertz CT molecular complexity index is 1030. The summed E-state index contributed by atoms with van der Waals surface area (Å²) in [5.74, 6) is -0.232. The largest absolute Gasteiger partial charge is 0.349 e. The van der Waals surface area contributed by atoms with Crippen LogP contribution in [0.25, 0.3) is 0 Å². The first kappa shape index (κ1) is 24.9. The van der Waals surface area contributed by atoms with Crippen molar-refractivity contribution in [1.82, 2.24) is 10.3 Å². The van der Waals surface area contributed by atoms with Crippen LogP contribution in [0.4, 0.5) is 5.69 Å². The Morgan fingerprint density at radius 2 is 1.65 bits per heavy atom. The van der Waals surface area contributed by atoms with Gasteiger partial charge < -0.3 is 5.32 Å². The van der Waals surface area contributed by atoms with Crippen LogP contribution in [-0.4, -0.2) is 25.6 Å². The Balaban J connectivity index is 2.07. The van der Waals surface area contributed by atoms with Crippen LogP contribution in [0.1, 0.15) is 75.9 Å². The molecule has 2 rings (SSSR count). The zero-order valence-corrected chi connectivity index (χ0v) is 20.6. The summed E-state index contributed by atoms with van der Waals surface area (Å²) in [6.07, 6.45) is 2.99. The van der Waals surface area contributed by atoms with Gasteiger partial charge in [-0.15, -0.1) is 0 Å². The molecule has 170 valence electrons. The molecule has 0 saturated carbocycles. The Kier molecular flexibility index (Phi) is 7.53. The predicted octanol–water partition coefficient (Wildman–Crippen LogP) is 4.68. The van der Waals surface area contributed by atoms with E-state index in [2.05, 4.69) is 41.9 Å². The molecule has 0 spiro atoms. The Labute approximate surface area is 186 Å². The number of anilines is 1. The molecule has 1 aromatic heterocycles. The van der Waals surface area contributed by atoms with Gasteiger partial charge in [0.15, 0.2) is 0 Å². The van der Waals surface area contributed by atoms with Crippen LogP contribution in [0, 0.1) is 12.8 Å². The number of aromatic nitrogens is 1. The summed E-state index contributed by atoms with van der Waals surface area (Å²) < 4.78 is 25.4. The van der Waals surface area contributed by atoms with Crippen LogP contribution in [0.2, 0.25) is 0 Å². The summed E-state index contributed by atoms with van der Waals surface area (Å²) in [5.41, 5.74) is 4.31. The molecule has 0 aliphatic heterocycles. The maximum atomic E-state index is 12.9. The zero-order chi connectivity index (χ0) is 23.6. The standard InChI is InChI=1S/C24H35N3O3S/c1-15-13-19(9-11-21(15)27-31(8,29)30)18(4)26-23(28)17(3)16(2)20-10-12-22(25-14-20)24(5,6)7/h9-14,16-18,27H,1-8H3,(H,26,28)/t16?,17?,18-/m1/s1. The first-order valence-corrected chi connectivity index (χ1v) is 12.4. The summed E-state index contributed by atoms with van der Waals surface area (Å²) in [5, 5.41) is 3.08. The second kappa shape index (κ2) is 9.39. The maximum absolute atomic E-state index is 12.9. The van der Waals surface area contributed by atoms with E-state index in [9.17, 15) is 13.2 Å². The number of sulfonamides is 1. The molecule has 0 aliphatic carbocycles. The van der Waals surface area contributed by atoms with Crippen molar-refractivity contribution in [3.8, 4) is 0 Å². The summed E-state index contributed by atoms with van der Waals surface area (Å²) >= 11 is 0. The van der Waals surface area contributed by atoms with Crippen LogP contribution >= 0.6 is 0 Å². The second-order valence-corrected chi connectivity index (χ2v) is 11.2. The van der Waals surface area contributed by atoms with Crippen LogP contribution in [-0.2, 0) is 20.2 Å². The van der Waals surface area contributed by atoms with Gasteiger partial charge in [0.05, 0.1) is 18.0 Å². The van der Waals surface area contributed by atoms with Crippen molar-refractivity contribution >= 4 is 21.6 Å². The lowest BCUT2D eigenvalue weighted by Gasteiger charge is -2.24. The third-order valence-electron chi connectivity index (χ3n) is 5.65. The van der Waals surface area contributed by atoms with Crippen molar-refractivity contribution < 1.29 is 13.2 Å². The van der Waals surface area contributed by atoms with Gasteiger partial charge in [-0.3, -0.25) is 14.5 Å². The number of pyridine rings is 1. The molecule has 2 aromatic rings. The Morgan fingerprint density at radius 1 is 1.03 bits per heavy atom. The number of carbonyl (C=O) groups excluding carboxylic acids is 1. The molecule has 0 aliphatic rings. The quantitative estimate of drug-likeness (QED) is 0.648. The van der Waals surface area contributed by atoms with Gasteiger partial charge in [-0.2, -0.15) is 0 Å². The normalized spacial score (nSPS) is 15.1. The van der Waals surface area contributed by atoms with Crippen molar-refractivity contribution in [2.75, 3.05) is 11.0 Å². The first-order valence-electron chi connectivity index (χ1n) is 10.5. The predicted molar refractivity (Wildman–Crippen MR) is 127 cm³/mol. The van der Waals surface area contributed by atoms with Crippen molar-refractivity contribution in [1.29, 1.82) is 0 Å². The van der Waals surface area contributed by atoms with E-state index in [1.54, 1.807) is 6.07 Å². The maximum Gasteiger partial charge on any atom is 0.229 e. The minimum atomic E-state index is -3.33. The van der Waals surface area contributed by atoms with E-state index in [0.717, 1.165) is 28.6 Å². The number of benzene rings is 1. The van der Waals surface area contributed by atoms with Crippen LogP contribution < -0.4 is 10.0 Å². The number of carbonyl (C=O) groups is 1. The Morgan fingerprint density at radius 3 is 2.13 bits per heavy atom. The van der Waals surface area contributed by atoms with Crippen molar-refractivity contribution in [2.24, 2.45) is 5.92 Å². The smallest absolute Gasteiger partial charge is 0.229 e. The molecule has 0 fully saturated rings. The van der Waals surface area contributed by atoms with Crippen LogP contribution in [0.15, 0.2) is 36.5 Å². The number of nitrogens with zero attached hydrogens (tertiary/aromatic N) is 1. The van der Waals surface area contributed by atoms with Crippen molar-refractivity contribution in [3.63, 3.8) is 0 Å². The lowest BCUT2D eigenvalue weighted by Crippen LogP contribution is -2.34. The minimum absolute atomic E-state index is 0.00922. The lowest BCUT2D eigenvalue weighted by atomic mass is 9.87. The molecule has 2 unspecified atom stereocenters. The number of rotatable bonds is 7. The highest BCUT2D eigenvalue weighted by atomic mass is 32.2. The van der Waals surface area contributed by atoms with Gasteiger partial charge in [0.1, 0.15) is 0 Å². The molecule has 0 radical (unpaired) electrons. The third-order valence-corrected chi connectivity index (χ3v) is 6.24. The molecule has 6 nitrogen and oxygen atoms in total. The molecule has 2 N–H and O–H groups in total. The summed E-state index contributed by atoms with van der Waals surface area (Å²) in [6, 6.07) is 9.34. The van der Waals surface area contributed by atoms with Crippen LogP contribution in [0.3, 0.4) is 0 Å². The SMILES string of the molecule is Cc1cc([C@@H](C)NC(=O)C(C)C(C)c2ccc(C(C)(C)C)nc2)ccc1NS(C)(=O)=O. The van der Waals surface area contributed by atoms with Gasteiger partial charge >= 0.3 is 0 Å². The molecular formula is C24H35N3O3S. The fraction of sp³-hybridized carbons (Fsp3) is 0.500. The molecule has 31 heavy (non-hydrogen) atoms. The average Bonchev–Trinajstić information content (AvgIpc) is 2.66. The van der Waals surface area contributed by atoms with Crippen molar-refractivity contribution in [2.45, 2.75) is 65.8 Å². The van der Waals surface area contributed by atoms with E-state index < -0.39 is 10.0 Å². The summed E-state index contributed by atoms with van der Waals surface area (Å²) in [4.78, 5) is 17.5. The van der Waals surface area contributed by atoms with Gasteiger partial charge in [-0.05, 0) is 48.6 Å². The molecule has 1 aromatic carbocycles. The number of hydrogen-bond donors (Lipinski definition) is 2. The average molecular weight is 446 g/mol. The number of nitrogens with one attached hydrogen (secondary N) is 2. The zero-order valence-electron chi connectivity index (χ0n) is 19.8. The summed E-state index contributed by atoms with van der Waals surface area (Å²) in [7, 11) is -3.33. The molecule has 1 amide bonds. The monoisotopic (exact) mass is 445 g/mol. The first-order chi connectivity index (χ1) is 14.2. The highest BCUT2D eigenvalue weighted by molar-refractivity contribution is 7.92. The number of aryl methyl sites for hydroxylation is 1. The van der Waals surface area contributed by atoms with E-state index in [4.69, 9.17) is 0 Å². The van der Waals surface area contributed by atoms with E-state index in [1.165, 1.54) is 0 Å². The van der Waals surface area contributed by atoms with E-state index >= 15 is 0 Å². The number of amides is 1. The lowest BCUT2D eigenvalue weighted by molar-refractivity contribution is -0.125. The van der Waals surface area contributed by atoms with Gasteiger partial charge in [-0.25, -0.2) is 8.42 Å². The fourth-order valence-corrected chi connectivity index (χ4v) is 3.96. The summed E-state index contributed by atoms with van der Waals surface area (Å²) in [6.45, 7) is 14.1. The van der Waals surface area contributed by atoms with Crippen LogP contribution in [0.5, 0.6) is 0 Å². The second-order valence-electron chi connectivity index (χ2n) is 9.48. The molecule has 3 atom stereocenters. The highest BCUT2D eigenvalue weighted by Crippen LogP contribution is 2.28. The van der Waals surface area contributed by atoms with Gasteiger partial charge in [0, 0.05) is 23.2 Å². The van der Waals surface area contributed by atoms with E-state index in [1.807, 2.05) is 52.1 Å². The molecule has 0 saturated heterocycles. The molecular weight excluding hydrogens is 410 g/mol. The van der Waals surface area contributed by atoms with E-state index in [0.29, 0.717) is 5.69 Å². The topological polar surface area (TPSA) is 88.2 Å². The molecule has 7 heteroatoms. The molecule has 1 heterocycles. The number of hydrogen-bond acceptors (Lipinski definition) is 4. The third kappa shape index (κ3) is 6.79. The van der Waals surface area contributed by atoms with Gasteiger partial charge in [-0.1, -0.05) is 52.8 Å². The van der Waals surface area contributed by atoms with Crippen molar-refractivity contribution in [3.05, 3.63) is 58.9 Å². The Hall–Kier alpha value is -2.41. The fourth-order valence-electron chi connectivity index (χ4n) is 3.33. The molecule has 0 bridgehead atoms.